The van der Waals surface area contributed by atoms with Crippen molar-refractivity contribution in [2.75, 3.05) is 5.75 Å². The van der Waals surface area contributed by atoms with Gasteiger partial charge in [-0.3, -0.25) is 14.5 Å². The second-order valence-corrected chi connectivity index (χ2v) is 3.65. The Morgan fingerprint density at radius 2 is 1.90 bits per heavy atom. The molecule has 8 heteroatoms. The van der Waals surface area contributed by atoms with Crippen LogP contribution < -0.4 is 5.73 Å². The van der Waals surface area contributed by atoms with Crippen molar-refractivity contribution in [2.45, 2.75) is 0 Å². The van der Waals surface area contributed by atoms with Crippen LogP contribution in [0.2, 0.25) is 0 Å². The van der Waals surface area contributed by atoms with Crippen molar-refractivity contribution in [1.29, 1.82) is 5.41 Å². The normalized spacial score (nSPS) is 9.50. The maximum Gasteiger partial charge on any atom is 0.263 e. The summed E-state index contributed by atoms with van der Waals surface area (Å²) in [6.07, 6.45) is 0. The van der Waals surface area contributed by atoms with Crippen LogP contribution in [0.25, 0.3) is 0 Å². The summed E-state index contributed by atoms with van der Waals surface area (Å²) in [5.74, 6) is 0.480. The fourth-order valence-corrected chi connectivity index (χ4v) is 0. The molecule has 0 bridgehead atoms. The van der Waals surface area contributed by atoms with Gasteiger partial charge in [0.1, 0.15) is 5.84 Å². The van der Waals surface area contributed by atoms with Gasteiger partial charge in [-0.05, 0) is 0 Å². The minimum atomic E-state index is -3.83. The third-order valence-corrected chi connectivity index (χ3v) is 0.511. The lowest BCUT2D eigenvalue weighted by atomic mass is 10.7. The molecule has 0 aromatic heterocycles. The van der Waals surface area contributed by atoms with Crippen LogP contribution in [-0.2, 0) is 20.2 Å². The van der Waals surface area contributed by atoms with Crippen LogP contribution >= 0.6 is 12.6 Å². The van der Waals surface area contributed by atoms with Gasteiger partial charge in [0.05, 0.1) is 0 Å². The molecule has 0 fully saturated rings. The van der Waals surface area contributed by atoms with Gasteiger partial charge in [-0.15, -0.1) is 0 Å². The Hall–Kier alpha value is 0.110. The fraction of sp³-hybridized carbons (Fsp3) is 0.500. The minimum absolute atomic E-state index is 0.119. The van der Waals surface area contributed by atoms with Crippen molar-refractivity contribution in [3.63, 3.8) is 0 Å². The predicted molar refractivity (Wildman–Crippen MR) is 46.5 cm³/mol. The maximum atomic E-state index is 9.11. The lowest BCUT2D eigenvalue weighted by Gasteiger charge is -1.78. The fourth-order valence-electron chi connectivity index (χ4n) is 0. The Balaban J connectivity index is 0. The summed E-state index contributed by atoms with van der Waals surface area (Å²) in [5.41, 5.74) is 4.80. The molecule has 0 atom stereocenters. The lowest BCUT2D eigenvalue weighted by molar-refractivity contribution is 0.450. The monoisotopic (exact) mass is 204 g/mol. The molecule has 0 heterocycles. The Labute approximate surface area is 69.2 Å². The molecule has 5 N–H and O–H groups in total. The molecular formula is C2H8N2O3S3. The maximum absolute atomic E-state index is 9.11. The summed E-state index contributed by atoms with van der Waals surface area (Å²) >= 11 is 7.13. The zero-order valence-electron chi connectivity index (χ0n) is 4.85. The molecule has 0 amide bonds. The van der Waals surface area contributed by atoms with E-state index in [0.717, 1.165) is 0 Å². The number of thiol groups is 1. The Morgan fingerprint density at radius 1 is 1.80 bits per heavy atom. The summed E-state index contributed by atoms with van der Waals surface area (Å²) in [7, 11) is -3.83. The molecule has 0 rings (SSSR count). The first-order valence-electron chi connectivity index (χ1n) is 1.91. The molecule has 0 aliphatic carbocycles. The summed E-state index contributed by atoms with van der Waals surface area (Å²) in [5, 5.41) is 6.44. The van der Waals surface area contributed by atoms with E-state index >= 15 is 0 Å². The molecule has 5 nitrogen and oxygen atoms in total. The van der Waals surface area contributed by atoms with Gasteiger partial charge in [-0.25, -0.2) is 0 Å². The van der Waals surface area contributed by atoms with Gasteiger partial charge in [-0.2, -0.15) is 16.8 Å². The molecule has 0 aliphatic rings. The first kappa shape index (κ1) is 12.8. The van der Waals surface area contributed by atoms with Crippen LogP contribution in [-0.4, -0.2) is 24.9 Å². The van der Waals surface area contributed by atoms with Gasteiger partial charge in [-0.1, -0.05) is 0 Å². The zero-order chi connectivity index (χ0) is 8.78. The average molecular weight is 204 g/mol. The van der Waals surface area contributed by atoms with Crippen LogP contribution in [0.3, 0.4) is 0 Å². The van der Waals surface area contributed by atoms with Crippen LogP contribution in [0.15, 0.2) is 0 Å². The molecule has 0 saturated heterocycles. The Kier molecular flexibility index (Phi) is 7.48. The molecule has 0 unspecified atom stereocenters. The van der Waals surface area contributed by atoms with E-state index in [-0.39, 0.29) is 5.84 Å². The average Bonchev–Trinajstić information content (AvgIpc) is 1.61. The van der Waals surface area contributed by atoms with E-state index in [9.17, 15) is 0 Å². The topological polar surface area (TPSA) is 107 Å². The van der Waals surface area contributed by atoms with Crippen molar-refractivity contribution in [1.82, 2.24) is 0 Å². The summed E-state index contributed by atoms with van der Waals surface area (Å²) < 4.78 is 24.0. The van der Waals surface area contributed by atoms with Gasteiger partial charge >= 0.3 is 0 Å². The second kappa shape index (κ2) is 5.86. The predicted octanol–water partition coefficient (Wildman–Crippen LogP) is -0.469. The van der Waals surface area contributed by atoms with Crippen LogP contribution in [0.4, 0.5) is 0 Å². The highest BCUT2D eigenvalue weighted by Crippen LogP contribution is 1.64. The van der Waals surface area contributed by atoms with Gasteiger partial charge < -0.3 is 5.73 Å². The third kappa shape index (κ3) is 92.1. The quantitative estimate of drug-likeness (QED) is 0.225. The molecule has 0 spiro atoms. The molecular weight excluding hydrogens is 196 g/mol. The highest BCUT2D eigenvalue weighted by Gasteiger charge is 1.78. The number of amidine groups is 1. The molecule has 0 aromatic rings. The van der Waals surface area contributed by atoms with Crippen LogP contribution in [0.5, 0.6) is 0 Å². The summed E-state index contributed by atoms with van der Waals surface area (Å²) in [6, 6.07) is 0. The first-order valence-corrected chi connectivity index (χ1v) is 4.94. The number of hydrogen-bond donors (Lipinski definition) is 5. The zero-order valence-corrected chi connectivity index (χ0v) is 7.38. The van der Waals surface area contributed by atoms with Gasteiger partial charge in [0.2, 0.25) is 0 Å². The van der Waals surface area contributed by atoms with Gasteiger partial charge in [0.15, 0.2) is 0 Å². The first-order chi connectivity index (χ1) is 4.27. The summed E-state index contributed by atoms with van der Waals surface area (Å²) in [6.45, 7) is 0. The number of nitrogens with one attached hydrogen (secondary N) is 1. The van der Waals surface area contributed by atoms with Crippen molar-refractivity contribution in [2.24, 2.45) is 5.73 Å². The van der Waals surface area contributed by atoms with E-state index in [1.54, 1.807) is 0 Å². The van der Waals surface area contributed by atoms with Crippen molar-refractivity contribution in [3.8, 4) is 0 Å². The van der Waals surface area contributed by atoms with E-state index in [2.05, 4.69) is 23.8 Å². The molecule has 0 saturated carbocycles. The van der Waals surface area contributed by atoms with Crippen LogP contribution in [0.1, 0.15) is 0 Å². The summed E-state index contributed by atoms with van der Waals surface area (Å²) in [4.78, 5) is 0. The molecule has 0 aliphatic heterocycles. The van der Waals surface area contributed by atoms with Gasteiger partial charge in [0, 0.05) is 16.9 Å². The Bertz CT molecular complexity index is 178. The van der Waals surface area contributed by atoms with Crippen molar-refractivity contribution < 1.29 is 13.3 Å². The largest absolute Gasteiger partial charge is 0.387 e. The highest BCUT2D eigenvalue weighted by atomic mass is 32.9. The Morgan fingerprint density at radius 3 is 1.90 bits per heavy atom. The molecule has 0 aromatic carbocycles. The van der Waals surface area contributed by atoms with Crippen molar-refractivity contribution >= 4 is 38.7 Å². The standard InChI is InChI=1S/C2H6N2S.H2O3S2/c3-2(4)1-5;1-5(2,3)4/h5H,1H2,(H3,3,4);(H2,1,2,3,4). The van der Waals surface area contributed by atoms with Gasteiger partial charge in [0.25, 0.3) is 9.05 Å². The van der Waals surface area contributed by atoms with Crippen molar-refractivity contribution in [3.05, 3.63) is 0 Å². The molecule has 0 radical (unpaired) electrons. The lowest BCUT2D eigenvalue weighted by Crippen LogP contribution is -2.09. The smallest absolute Gasteiger partial charge is 0.263 e. The second-order valence-electron chi connectivity index (χ2n) is 1.13. The van der Waals surface area contributed by atoms with E-state index in [1.807, 2.05) is 0 Å². The molecule has 10 heavy (non-hydrogen) atoms. The minimum Gasteiger partial charge on any atom is -0.387 e. The number of hydrogen-bond acceptors (Lipinski definition) is 4. The van der Waals surface area contributed by atoms with Crippen LogP contribution in [0, 0.1) is 5.41 Å². The van der Waals surface area contributed by atoms with E-state index in [1.165, 1.54) is 0 Å². The SMILES string of the molecule is N=C(N)CS.O=S(O)(O)=S. The number of rotatable bonds is 1. The highest BCUT2D eigenvalue weighted by molar-refractivity contribution is 8.26. The third-order valence-electron chi connectivity index (χ3n) is 0.170. The number of nitrogens with two attached hydrogens (primary N) is 1. The van der Waals surface area contributed by atoms with E-state index < -0.39 is 9.05 Å². The van der Waals surface area contributed by atoms with E-state index in [4.69, 9.17) is 24.5 Å². The molecule has 62 valence electrons. The van der Waals surface area contributed by atoms with E-state index in [0.29, 0.717) is 5.75 Å².